The summed E-state index contributed by atoms with van der Waals surface area (Å²) in [5, 5.41) is 2.84. The average molecular weight is 456 g/mol. The zero-order valence-corrected chi connectivity index (χ0v) is 19.0. The maximum Gasteiger partial charge on any atom is 0.261 e. The third-order valence-corrected chi connectivity index (χ3v) is 6.51. The highest BCUT2D eigenvalue weighted by Crippen LogP contribution is 2.21. The standard InChI is InChI=1S/C24H26FN3O3S/c1-17-7-4-5-10-22(17)27-32(30,31)21-13-11-18(12-14-21)24(29)26-16-23(28(2)3)19-8-6-9-20(25)15-19/h4-15,23,27H,16H2,1-3H3,(H,26,29)/t23-/m0/s1. The minimum atomic E-state index is -3.78. The molecule has 2 N–H and O–H groups in total. The molecule has 3 aromatic carbocycles. The van der Waals surface area contributed by atoms with Gasteiger partial charge in [-0.3, -0.25) is 9.52 Å². The summed E-state index contributed by atoms with van der Waals surface area (Å²) in [4.78, 5) is 14.5. The van der Waals surface area contributed by atoms with Crippen molar-refractivity contribution in [2.45, 2.75) is 17.9 Å². The van der Waals surface area contributed by atoms with Crippen LogP contribution in [0.4, 0.5) is 10.1 Å². The number of carbonyl (C=O) groups excluding carboxylic acids is 1. The van der Waals surface area contributed by atoms with Gasteiger partial charge in [-0.25, -0.2) is 12.8 Å². The van der Waals surface area contributed by atoms with E-state index in [1.807, 2.05) is 38.1 Å². The lowest BCUT2D eigenvalue weighted by Gasteiger charge is -2.25. The summed E-state index contributed by atoms with van der Waals surface area (Å²) in [6, 6.07) is 18.8. The van der Waals surface area contributed by atoms with Crippen LogP contribution in [0.15, 0.2) is 77.7 Å². The number of nitrogens with one attached hydrogen (secondary N) is 2. The molecule has 3 rings (SSSR count). The second-order valence-corrected chi connectivity index (χ2v) is 9.37. The van der Waals surface area contributed by atoms with E-state index in [0.717, 1.165) is 11.1 Å². The molecule has 168 valence electrons. The van der Waals surface area contributed by atoms with Crippen LogP contribution in [0.1, 0.15) is 27.5 Å². The Labute approximate surface area is 188 Å². The highest BCUT2D eigenvalue weighted by atomic mass is 32.2. The van der Waals surface area contributed by atoms with Crippen molar-refractivity contribution in [3.63, 3.8) is 0 Å². The minimum Gasteiger partial charge on any atom is -0.350 e. The molecule has 0 spiro atoms. The number of hydrogen-bond donors (Lipinski definition) is 2. The second-order valence-electron chi connectivity index (χ2n) is 7.69. The molecule has 0 radical (unpaired) electrons. The van der Waals surface area contributed by atoms with Gasteiger partial charge in [0.25, 0.3) is 15.9 Å². The van der Waals surface area contributed by atoms with Crippen LogP contribution in [0.25, 0.3) is 0 Å². The Hall–Kier alpha value is -3.23. The SMILES string of the molecule is Cc1ccccc1NS(=O)(=O)c1ccc(C(=O)NC[C@@H](c2cccc(F)c2)N(C)C)cc1. The Bertz CT molecular complexity index is 1200. The van der Waals surface area contributed by atoms with Crippen LogP contribution < -0.4 is 10.0 Å². The zero-order chi connectivity index (χ0) is 23.3. The maximum absolute atomic E-state index is 13.6. The highest BCUT2D eigenvalue weighted by Gasteiger charge is 2.18. The predicted molar refractivity (Wildman–Crippen MR) is 124 cm³/mol. The first-order valence-electron chi connectivity index (χ1n) is 10.1. The van der Waals surface area contributed by atoms with Crippen LogP contribution in [0.5, 0.6) is 0 Å². The summed E-state index contributed by atoms with van der Waals surface area (Å²) < 4.78 is 41.5. The Morgan fingerprint density at radius 1 is 1.00 bits per heavy atom. The first-order chi connectivity index (χ1) is 15.2. The van der Waals surface area contributed by atoms with Gasteiger partial charge in [0.2, 0.25) is 0 Å². The van der Waals surface area contributed by atoms with Crippen LogP contribution >= 0.6 is 0 Å². The monoisotopic (exact) mass is 455 g/mol. The van der Waals surface area contributed by atoms with Crippen molar-refractivity contribution in [1.82, 2.24) is 10.2 Å². The fourth-order valence-corrected chi connectivity index (χ4v) is 4.41. The molecule has 0 bridgehead atoms. The zero-order valence-electron chi connectivity index (χ0n) is 18.2. The van der Waals surface area contributed by atoms with Crippen LogP contribution in [-0.4, -0.2) is 39.9 Å². The third kappa shape index (κ3) is 5.72. The number of para-hydroxylation sites is 1. The minimum absolute atomic E-state index is 0.0585. The normalized spacial score (nSPS) is 12.4. The number of carbonyl (C=O) groups is 1. The van der Waals surface area contributed by atoms with Gasteiger partial charge in [0.1, 0.15) is 5.82 Å². The number of amides is 1. The number of nitrogens with zero attached hydrogens (tertiary/aromatic N) is 1. The molecular weight excluding hydrogens is 429 g/mol. The lowest BCUT2D eigenvalue weighted by atomic mass is 10.1. The van der Waals surface area contributed by atoms with Gasteiger partial charge in [-0.1, -0.05) is 30.3 Å². The number of benzene rings is 3. The molecule has 0 saturated heterocycles. The van der Waals surface area contributed by atoms with E-state index in [0.29, 0.717) is 11.3 Å². The summed E-state index contributed by atoms with van der Waals surface area (Å²) in [6.07, 6.45) is 0. The van der Waals surface area contributed by atoms with E-state index in [4.69, 9.17) is 0 Å². The number of hydrogen-bond acceptors (Lipinski definition) is 4. The van der Waals surface area contributed by atoms with Gasteiger partial charge in [-0.15, -0.1) is 0 Å². The first kappa shape index (κ1) is 23.4. The summed E-state index contributed by atoms with van der Waals surface area (Å²) >= 11 is 0. The molecule has 1 atom stereocenters. The lowest BCUT2D eigenvalue weighted by molar-refractivity contribution is 0.0942. The van der Waals surface area contributed by atoms with Crippen molar-refractivity contribution in [1.29, 1.82) is 0 Å². The fourth-order valence-electron chi connectivity index (χ4n) is 3.28. The van der Waals surface area contributed by atoms with Crippen LogP contribution in [0.3, 0.4) is 0 Å². The molecule has 0 aliphatic rings. The number of rotatable bonds is 8. The number of anilines is 1. The topological polar surface area (TPSA) is 78.5 Å². The molecule has 8 heteroatoms. The summed E-state index contributed by atoms with van der Waals surface area (Å²) in [7, 11) is -0.0792. The largest absolute Gasteiger partial charge is 0.350 e. The number of sulfonamides is 1. The van der Waals surface area contributed by atoms with E-state index in [-0.39, 0.29) is 29.2 Å². The summed E-state index contributed by atoms with van der Waals surface area (Å²) in [6.45, 7) is 2.08. The lowest BCUT2D eigenvalue weighted by Crippen LogP contribution is -2.34. The number of halogens is 1. The van der Waals surface area contributed by atoms with Gasteiger partial charge < -0.3 is 10.2 Å². The molecule has 0 saturated carbocycles. The molecule has 0 aliphatic heterocycles. The number of likely N-dealkylation sites (N-methyl/N-ethyl adjacent to an activating group) is 1. The highest BCUT2D eigenvalue weighted by molar-refractivity contribution is 7.92. The predicted octanol–water partition coefficient (Wildman–Crippen LogP) is 3.97. The van der Waals surface area contributed by atoms with Crippen LogP contribution in [-0.2, 0) is 10.0 Å². The van der Waals surface area contributed by atoms with Crippen molar-refractivity contribution in [3.05, 3.63) is 95.3 Å². The van der Waals surface area contributed by atoms with Gasteiger partial charge in [0.15, 0.2) is 0 Å². The summed E-state index contributed by atoms with van der Waals surface area (Å²) in [5.74, 6) is -0.680. The van der Waals surface area contributed by atoms with E-state index in [1.165, 1.54) is 36.4 Å². The quantitative estimate of drug-likeness (QED) is 0.539. The van der Waals surface area contributed by atoms with Crippen LogP contribution in [0.2, 0.25) is 0 Å². The van der Waals surface area contributed by atoms with E-state index in [2.05, 4.69) is 10.0 Å². The van der Waals surface area contributed by atoms with Gasteiger partial charge in [-0.2, -0.15) is 0 Å². The van der Waals surface area contributed by atoms with Crippen molar-refractivity contribution in [2.75, 3.05) is 25.4 Å². The fraction of sp³-hybridized carbons (Fsp3) is 0.208. The van der Waals surface area contributed by atoms with E-state index in [9.17, 15) is 17.6 Å². The van der Waals surface area contributed by atoms with Gasteiger partial charge in [0.05, 0.1) is 16.6 Å². The van der Waals surface area contributed by atoms with Gasteiger partial charge in [0, 0.05) is 12.1 Å². The molecular formula is C24H26FN3O3S. The first-order valence-corrected chi connectivity index (χ1v) is 11.5. The third-order valence-electron chi connectivity index (χ3n) is 5.13. The Morgan fingerprint density at radius 2 is 1.69 bits per heavy atom. The van der Waals surface area contributed by atoms with E-state index in [1.54, 1.807) is 24.3 Å². The van der Waals surface area contributed by atoms with Crippen molar-refractivity contribution >= 4 is 21.6 Å². The molecule has 0 unspecified atom stereocenters. The van der Waals surface area contributed by atoms with Crippen LogP contribution in [0, 0.1) is 12.7 Å². The molecule has 6 nitrogen and oxygen atoms in total. The second kappa shape index (κ2) is 9.93. The molecule has 32 heavy (non-hydrogen) atoms. The van der Waals surface area contributed by atoms with Crippen molar-refractivity contribution < 1.29 is 17.6 Å². The molecule has 1 amide bonds. The average Bonchev–Trinajstić information content (AvgIpc) is 2.75. The van der Waals surface area contributed by atoms with Crippen molar-refractivity contribution in [3.8, 4) is 0 Å². The Kier molecular flexibility index (Phi) is 7.27. The molecule has 3 aromatic rings. The van der Waals surface area contributed by atoms with Gasteiger partial charge >= 0.3 is 0 Å². The molecule has 0 aromatic heterocycles. The Morgan fingerprint density at radius 3 is 2.31 bits per heavy atom. The van der Waals surface area contributed by atoms with E-state index < -0.39 is 10.0 Å². The molecule has 0 heterocycles. The van der Waals surface area contributed by atoms with Gasteiger partial charge in [-0.05, 0) is 74.6 Å². The Balaban J connectivity index is 1.68. The van der Waals surface area contributed by atoms with Crippen molar-refractivity contribution in [2.24, 2.45) is 0 Å². The smallest absolute Gasteiger partial charge is 0.261 e. The number of aryl methyl sites for hydroxylation is 1. The molecule has 0 fully saturated rings. The molecule has 0 aliphatic carbocycles. The maximum atomic E-state index is 13.6. The summed E-state index contributed by atoms with van der Waals surface area (Å²) in [5.41, 5.74) is 2.39. The van der Waals surface area contributed by atoms with E-state index >= 15 is 0 Å².